The first-order valence-electron chi connectivity index (χ1n) is 5.38. The molecule has 1 aromatic heterocycles. The van der Waals surface area contributed by atoms with Gasteiger partial charge in [-0.2, -0.15) is 0 Å². The van der Waals surface area contributed by atoms with Crippen LogP contribution in [-0.4, -0.2) is 11.1 Å². The van der Waals surface area contributed by atoms with Crippen molar-refractivity contribution in [2.75, 3.05) is 0 Å². The summed E-state index contributed by atoms with van der Waals surface area (Å²) in [5.74, 6) is -1.15. The Morgan fingerprint density at radius 2 is 2.21 bits per heavy atom. The minimum atomic E-state index is -1.04. The fraction of sp³-hybridized carbons (Fsp3) is 0.154. The number of aromatic carboxylic acids is 1. The zero-order valence-electron chi connectivity index (χ0n) is 9.94. The van der Waals surface area contributed by atoms with E-state index in [1.54, 1.807) is 25.1 Å². The number of thiophene rings is 1. The molecule has 0 atom stereocenters. The van der Waals surface area contributed by atoms with E-state index in [1.165, 1.54) is 6.07 Å². The van der Waals surface area contributed by atoms with Crippen molar-refractivity contribution in [3.63, 3.8) is 0 Å². The minimum Gasteiger partial charge on any atom is -0.487 e. The van der Waals surface area contributed by atoms with Crippen LogP contribution in [0.2, 0.25) is 0 Å². The van der Waals surface area contributed by atoms with E-state index in [-0.39, 0.29) is 17.2 Å². The molecule has 1 N–H and O–H groups in total. The predicted octanol–water partition coefficient (Wildman–Crippen LogP) is 4.24. The molecule has 0 bridgehead atoms. The summed E-state index contributed by atoms with van der Waals surface area (Å²) in [4.78, 5) is 12.0. The van der Waals surface area contributed by atoms with Gasteiger partial charge < -0.3 is 9.84 Å². The van der Waals surface area contributed by atoms with Crippen molar-refractivity contribution in [2.45, 2.75) is 13.5 Å². The smallest absolute Gasteiger partial charge is 0.349 e. The van der Waals surface area contributed by atoms with Gasteiger partial charge in [-0.25, -0.2) is 9.18 Å². The van der Waals surface area contributed by atoms with Gasteiger partial charge in [0.05, 0.1) is 0 Å². The monoisotopic (exact) mass is 344 g/mol. The third-order valence-electron chi connectivity index (χ3n) is 2.41. The SMILES string of the molecule is Cc1cc(OCc2ccc(Br)cc2F)c(C(=O)O)s1. The highest BCUT2D eigenvalue weighted by Crippen LogP contribution is 2.29. The van der Waals surface area contributed by atoms with E-state index >= 15 is 0 Å². The molecule has 0 amide bonds. The molecule has 19 heavy (non-hydrogen) atoms. The fourth-order valence-electron chi connectivity index (χ4n) is 1.54. The number of aryl methyl sites for hydroxylation is 1. The van der Waals surface area contributed by atoms with Crippen LogP contribution in [0, 0.1) is 12.7 Å². The molecule has 0 saturated heterocycles. The molecule has 3 nitrogen and oxygen atoms in total. The van der Waals surface area contributed by atoms with E-state index in [9.17, 15) is 9.18 Å². The molecule has 100 valence electrons. The molecule has 6 heteroatoms. The number of rotatable bonds is 4. The van der Waals surface area contributed by atoms with Crippen LogP contribution in [0.5, 0.6) is 5.75 Å². The summed E-state index contributed by atoms with van der Waals surface area (Å²) in [6.07, 6.45) is 0. The molecule has 0 fully saturated rings. The quantitative estimate of drug-likeness (QED) is 0.902. The van der Waals surface area contributed by atoms with Gasteiger partial charge in [-0.15, -0.1) is 11.3 Å². The van der Waals surface area contributed by atoms with Crippen LogP contribution in [-0.2, 0) is 6.61 Å². The maximum atomic E-state index is 13.6. The van der Waals surface area contributed by atoms with Crippen molar-refractivity contribution in [1.82, 2.24) is 0 Å². The lowest BCUT2D eigenvalue weighted by Crippen LogP contribution is -2.01. The summed E-state index contributed by atoms with van der Waals surface area (Å²) in [5, 5.41) is 9.02. The number of hydrogen-bond acceptors (Lipinski definition) is 3. The van der Waals surface area contributed by atoms with E-state index in [0.717, 1.165) is 16.2 Å². The lowest BCUT2D eigenvalue weighted by atomic mass is 10.2. The van der Waals surface area contributed by atoms with Gasteiger partial charge in [0.25, 0.3) is 0 Å². The summed E-state index contributed by atoms with van der Waals surface area (Å²) in [5.41, 5.74) is 0.378. The van der Waals surface area contributed by atoms with Crippen LogP contribution >= 0.6 is 27.3 Å². The second kappa shape index (κ2) is 5.71. The Hall–Kier alpha value is -1.40. The van der Waals surface area contributed by atoms with Crippen molar-refractivity contribution in [3.05, 3.63) is 49.9 Å². The third kappa shape index (κ3) is 3.33. The lowest BCUT2D eigenvalue weighted by Gasteiger charge is -2.06. The van der Waals surface area contributed by atoms with Crippen molar-refractivity contribution >= 4 is 33.2 Å². The molecule has 0 spiro atoms. The highest BCUT2D eigenvalue weighted by Gasteiger charge is 2.15. The summed E-state index contributed by atoms with van der Waals surface area (Å²) in [6, 6.07) is 6.29. The second-order valence-corrected chi connectivity index (χ2v) is 6.05. The Morgan fingerprint density at radius 1 is 1.47 bits per heavy atom. The first-order valence-corrected chi connectivity index (χ1v) is 6.99. The van der Waals surface area contributed by atoms with E-state index < -0.39 is 11.8 Å². The van der Waals surface area contributed by atoms with Gasteiger partial charge in [0.2, 0.25) is 0 Å². The van der Waals surface area contributed by atoms with Crippen LogP contribution in [0.25, 0.3) is 0 Å². The average molecular weight is 345 g/mol. The van der Waals surface area contributed by atoms with Crippen LogP contribution in [0.3, 0.4) is 0 Å². The minimum absolute atomic E-state index is 0.00440. The first kappa shape index (κ1) is 14.0. The highest BCUT2D eigenvalue weighted by atomic mass is 79.9. The molecule has 1 aromatic carbocycles. The standard InChI is InChI=1S/C13H10BrFO3S/c1-7-4-11(12(19-7)13(16)17)18-6-8-2-3-9(14)5-10(8)15/h2-5H,6H2,1H3,(H,16,17). The van der Waals surface area contributed by atoms with Gasteiger partial charge in [-0.3, -0.25) is 0 Å². The molecule has 0 aliphatic rings. The Bertz CT molecular complexity index is 624. The number of carbonyl (C=O) groups is 1. The summed E-state index contributed by atoms with van der Waals surface area (Å²) < 4.78 is 19.6. The van der Waals surface area contributed by atoms with Gasteiger partial charge >= 0.3 is 5.97 Å². The topological polar surface area (TPSA) is 46.5 Å². The Balaban J connectivity index is 2.16. The highest BCUT2D eigenvalue weighted by molar-refractivity contribution is 9.10. The van der Waals surface area contributed by atoms with Gasteiger partial charge in [0.1, 0.15) is 18.2 Å². The van der Waals surface area contributed by atoms with Gasteiger partial charge in [-0.1, -0.05) is 22.0 Å². The van der Waals surface area contributed by atoms with E-state index in [1.807, 2.05) is 0 Å². The zero-order valence-corrected chi connectivity index (χ0v) is 12.3. The summed E-state index contributed by atoms with van der Waals surface area (Å²) in [6.45, 7) is 1.79. The number of carboxylic acids is 1. The molecule has 2 rings (SSSR count). The number of ether oxygens (including phenoxy) is 1. The van der Waals surface area contributed by atoms with Crippen LogP contribution in [0.4, 0.5) is 4.39 Å². The molecule has 0 unspecified atom stereocenters. The van der Waals surface area contributed by atoms with Gasteiger partial charge in [0.15, 0.2) is 4.88 Å². The van der Waals surface area contributed by atoms with E-state index in [4.69, 9.17) is 9.84 Å². The average Bonchev–Trinajstić information content (AvgIpc) is 2.69. The zero-order chi connectivity index (χ0) is 14.0. The van der Waals surface area contributed by atoms with Crippen molar-refractivity contribution in [3.8, 4) is 5.75 Å². The molecule has 1 heterocycles. The Morgan fingerprint density at radius 3 is 2.84 bits per heavy atom. The van der Waals surface area contributed by atoms with Gasteiger partial charge in [0, 0.05) is 14.9 Å². The normalized spacial score (nSPS) is 10.5. The molecule has 0 saturated carbocycles. The summed E-state index contributed by atoms with van der Waals surface area (Å²) in [7, 11) is 0. The van der Waals surface area contributed by atoms with Crippen molar-refractivity contribution in [1.29, 1.82) is 0 Å². The number of benzene rings is 1. The van der Waals surface area contributed by atoms with Crippen molar-refractivity contribution < 1.29 is 19.0 Å². The van der Waals surface area contributed by atoms with E-state index in [0.29, 0.717) is 10.0 Å². The third-order valence-corrected chi connectivity index (χ3v) is 3.93. The first-order chi connectivity index (χ1) is 8.97. The van der Waals surface area contributed by atoms with Gasteiger partial charge in [-0.05, 0) is 25.1 Å². The number of carboxylic acid groups (broad SMARTS) is 1. The molecule has 0 aliphatic carbocycles. The fourth-order valence-corrected chi connectivity index (χ4v) is 2.67. The predicted molar refractivity (Wildman–Crippen MR) is 74.4 cm³/mol. The van der Waals surface area contributed by atoms with E-state index in [2.05, 4.69) is 15.9 Å². The maximum Gasteiger partial charge on any atom is 0.349 e. The summed E-state index contributed by atoms with van der Waals surface area (Å²) >= 11 is 4.31. The second-order valence-electron chi connectivity index (χ2n) is 3.88. The molecule has 0 radical (unpaired) electrons. The largest absolute Gasteiger partial charge is 0.487 e. The maximum absolute atomic E-state index is 13.6. The Kier molecular flexibility index (Phi) is 4.21. The van der Waals surface area contributed by atoms with Crippen LogP contribution in [0.1, 0.15) is 20.1 Å². The van der Waals surface area contributed by atoms with Crippen molar-refractivity contribution in [2.24, 2.45) is 0 Å². The number of hydrogen-bond donors (Lipinski definition) is 1. The molecular formula is C13H10BrFO3S. The van der Waals surface area contributed by atoms with Crippen LogP contribution < -0.4 is 4.74 Å². The lowest BCUT2D eigenvalue weighted by molar-refractivity contribution is 0.0697. The van der Waals surface area contributed by atoms with Crippen LogP contribution in [0.15, 0.2) is 28.7 Å². The molecular weight excluding hydrogens is 335 g/mol. The molecule has 0 aliphatic heterocycles. The Labute approximate surface area is 121 Å². The number of halogens is 2. The molecule has 2 aromatic rings.